The van der Waals surface area contributed by atoms with Gasteiger partial charge in [-0.1, -0.05) is 32.0 Å². The maximum absolute atomic E-state index is 11.5. The van der Waals surface area contributed by atoms with Crippen molar-refractivity contribution in [3.05, 3.63) is 30.3 Å². The van der Waals surface area contributed by atoms with E-state index in [9.17, 15) is 9.59 Å². The molecule has 2 rings (SSSR count). The molecule has 0 spiro atoms. The largest absolute Gasteiger partial charge is 0.513 e. The van der Waals surface area contributed by atoms with Crippen LogP contribution in [0.3, 0.4) is 0 Å². The molecule has 2 atom stereocenters. The van der Waals surface area contributed by atoms with E-state index >= 15 is 0 Å². The Morgan fingerprint density at radius 1 is 1.20 bits per heavy atom. The number of hydrogen-bond donors (Lipinski definition) is 0. The molecule has 1 aliphatic rings. The lowest BCUT2D eigenvalue weighted by atomic mass is 10.1. The lowest BCUT2D eigenvalue weighted by molar-refractivity contribution is -0.143. The molecule has 0 heterocycles. The van der Waals surface area contributed by atoms with E-state index in [2.05, 4.69) is 0 Å². The number of para-hydroxylation sites is 1. The SMILES string of the molecule is COC(=O)C1C(COC(=O)Oc2ccccc2)C1(C)C. The maximum Gasteiger partial charge on any atom is 0.513 e. The molecule has 0 aromatic heterocycles. The third-order valence-electron chi connectivity index (χ3n) is 3.83. The van der Waals surface area contributed by atoms with E-state index in [0.717, 1.165) is 0 Å². The fourth-order valence-electron chi connectivity index (χ4n) is 2.42. The Kier molecular flexibility index (Phi) is 3.97. The van der Waals surface area contributed by atoms with Gasteiger partial charge < -0.3 is 14.2 Å². The number of ether oxygens (including phenoxy) is 3. The first-order valence-corrected chi connectivity index (χ1v) is 6.44. The van der Waals surface area contributed by atoms with Gasteiger partial charge in [0.25, 0.3) is 0 Å². The summed E-state index contributed by atoms with van der Waals surface area (Å²) in [5.41, 5.74) is -0.208. The Labute approximate surface area is 117 Å². The van der Waals surface area contributed by atoms with Crippen LogP contribution in [0.4, 0.5) is 4.79 Å². The number of methoxy groups -OCH3 is 1. The fourth-order valence-corrected chi connectivity index (χ4v) is 2.42. The fraction of sp³-hybridized carbons (Fsp3) is 0.467. The second-order valence-corrected chi connectivity index (χ2v) is 5.40. The monoisotopic (exact) mass is 278 g/mol. The van der Waals surface area contributed by atoms with Crippen LogP contribution in [-0.4, -0.2) is 25.8 Å². The molecule has 1 aliphatic carbocycles. The van der Waals surface area contributed by atoms with E-state index in [1.807, 2.05) is 19.9 Å². The first kappa shape index (κ1) is 14.4. The topological polar surface area (TPSA) is 61.8 Å². The van der Waals surface area contributed by atoms with Gasteiger partial charge in [0.15, 0.2) is 0 Å². The predicted molar refractivity (Wildman–Crippen MR) is 71.2 cm³/mol. The molecule has 1 saturated carbocycles. The second-order valence-electron chi connectivity index (χ2n) is 5.40. The van der Waals surface area contributed by atoms with E-state index in [-0.39, 0.29) is 29.8 Å². The van der Waals surface area contributed by atoms with Crippen LogP contribution in [0.5, 0.6) is 5.75 Å². The molecule has 20 heavy (non-hydrogen) atoms. The Balaban J connectivity index is 1.81. The highest BCUT2D eigenvalue weighted by atomic mass is 16.7. The molecule has 0 aliphatic heterocycles. The first-order chi connectivity index (χ1) is 9.46. The van der Waals surface area contributed by atoms with Crippen LogP contribution in [0.25, 0.3) is 0 Å². The molecule has 5 nitrogen and oxygen atoms in total. The highest BCUT2D eigenvalue weighted by Crippen LogP contribution is 2.58. The molecule has 0 N–H and O–H groups in total. The van der Waals surface area contributed by atoms with Gasteiger partial charge in [-0.2, -0.15) is 0 Å². The maximum atomic E-state index is 11.5. The smallest absolute Gasteiger partial charge is 0.469 e. The van der Waals surface area contributed by atoms with Gasteiger partial charge >= 0.3 is 12.1 Å². The molecule has 0 saturated heterocycles. The molecular weight excluding hydrogens is 260 g/mol. The number of carbonyl (C=O) groups is 2. The van der Waals surface area contributed by atoms with Crippen LogP contribution in [-0.2, 0) is 14.3 Å². The normalized spacial score (nSPS) is 22.8. The molecule has 1 aromatic carbocycles. The van der Waals surface area contributed by atoms with Crippen LogP contribution in [0, 0.1) is 17.3 Å². The van der Waals surface area contributed by atoms with Crippen LogP contribution < -0.4 is 4.74 Å². The van der Waals surface area contributed by atoms with E-state index in [1.54, 1.807) is 24.3 Å². The molecule has 0 bridgehead atoms. The Hall–Kier alpha value is -2.04. The molecule has 0 radical (unpaired) electrons. The molecule has 0 amide bonds. The van der Waals surface area contributed by atoms with Gasteiger partial charge in [0, 0.05) is 5.92 Å². The molecule has 1 aromatic rings. The number of hydrogen-bond acceptors (Lipinski definition) is 5. The summed E-state index contributed by atoms with van der Waals surface area (Å²) < 4.78 is 14.8. The van der Waals surface area contributed by atoms with Crippen molar-refractivity contribution >= 4 is 12.1 Å². The zero-order valence-electron chi connectivity index (χ0n) is 11.8. The van der Waals surface area contributed by atoms with Gasteiger partial charge in [-0.05, 0) is 17.5 Å². The van der Waals surface area contributed by atoms with Crippen LogP contribution >= 0.6 is 0 Å². The van der Waals surface area contributed by atoms with Gasteiger partial charge in [-0.3, -0.25) is 4.79 Å². The van der Waals surface area contributed by atoms with Crippen molar-refractivity contribution in [1.82, 2.24) is 0 Å². The number of benzene rings is 1. The zero-order valence-corrected chi connectivity index (χ0v) is 11.8. The first-order valence-electron chi connectivity index (χ1n) is 6.44. The quantitative estimate of drug-likeness (QED) is 0.626. The standard InChI is InChI=1S/C15H18O5/c1-15(2)11(12(15)13(16)18-3)9-19-14(17)20-10-7-5-4-6-8-10/h4-8,11-12H,9H2,1-3H3. The average molecular weight is 278 g/mol. The van der Waals surface area contributed by atoms with Crippen molar-refractivity contribution in [1.29, 1.82) is 0 Å². The zero-order chi connectivity index (χ0) is 14.8. The summed E-state index contributed by atoms with van der Waals surface area (Å²) in [4.78, 5) is 23.1. The molecule has 2 unspecified atom stereocenters. The molecule has 108 valence electrons. The molecule has 1 fully saturated rings. The van der Waals surface area contributed by atoms with E-state index in [0.29, 0.717) is 5.75 Å². The van der Waals surface area contributed by atoms with Gasteiger partial charge in [-0.25, -0.2) is 4.79 Å². The minimum Gasteiger partial charge on any atom is -0.469 e. The van der Waals surface area contributed by atoms with Gasteiger partial charge in [-0.15, -0.1) is 0 Å². The van der Waals surface area contributed by atoms with E-state index < -0.39 is 6.16 Å². The van der Waals surface area contributed by atoms with Crippen LogP contribution in [0.1, 0.15) is 13.8 Å². The summed E-state index contributed by atoms with van der Waals surface area (Å²) in [6, 6.07) is 8.69. The third-order valence-corrected chi connectivity index (χ3v) is 3.83. The van der Waals surface area contributed by atoms with Crippen molar-refractivity contribution in [3.63, 3.8) is 0 Å². The van der Waals surface area contributed by atoms with Crippen molar-refractivity contribution in [2.24, 2.45) is 17.3 Å². The lowest BCUT2D eigenvalue weighted by Gasteiger charge is -2.06. The van der Waals surface area contributed by atoms with Gasteiger partial charge in [0.2, 0.25) is 0 Å². The Bertz CT molecular complexity index is 494. The van der Waals surface area contributed by atoms with Crippen molar-refractivity contribution in [2.75, 3.05) is 13.7 Å². The summed E-state index contributed by atoms with van der Waals surface area (Å²) >= 11 is 0. The van der Waals surface area contributed by atoms with Crippen LogP contribution in [0.2, 0.25) is 0 Å². The minimum absolute atomic E-state index is 0.0294. The van der Waals surface area contributed by atoms with E-state index in [1.165, 1.54) is 7.11 Å². The van der Waals surface area contributed by atoms with E-state index in [4.69, 9.17) is 14.2 Å². The number of rotatable bonds is 4. The highest BCUT2D eigenvalue weighted by molar-refractivity contribution is 5.77. The van der Waals surface area contributed by atoms with Crippen LogP contribution in [0.15, 0.2) is 30.3 Å². The van der Waals surface area contributed by atoms with Crippen molar-refractivity contribution in [2.45, 2.75) is 13.8 Å². The highest BCUT2D eigenvalue weighted by Gasteiger charge is 2.63. The lowest BCUT2D eigenvalue weighted by Crippen LogP contribution is -2.14. The van der Waals surface area contributed by atoms with Gasteiger partial charge in [0.05, 0.1) is 19.6 Å². The van der Waals surface area contributed by atoms with Gasteiger partial charge in [0.1, 0.15) is 5.75 Å². The minimum atomic E-state index is -0.762. The summed E-state index contributed by atoms with van der Waals surface area (Å²) in [6.45, 7) is 4.05. The number of esters is 1. The second kappa shape index (κ2) is 5.53. The summed E-state index contributed by atoms with van der Waals surface area (Å²) in [5.74, 6) is -0.0904. The Morgan fingerprint density at radius 3 is 2.45 bits per heavy atom. The average Bonchev–Trinajstić information content (AvgIpc) is 2.98. The Morgan fingerprint density at radius 2 is 1.85 bits per heavy atom. The molecule has 5 heteroatoms. The van der Waals surface area contributed by atoms with Crippen molar-refractivity contribution < 1.29 is 23.8 Å². The summed E-state index contributed by atoms with van der Waals surface area (Å²) in [5, 5.41) is 0. The predicted octanol–water partition coefficient (Wildman–Crippen LogP) is 2.65. The van der Waals surface area contributed by atoms with Crippen molar-refractivity contribution in [3.8, 4) is 5.75 Å². The number of carbonyl (C=O) groups excluding carboxylic acids is 2. The summed E-state index contributed by atoms with van der Waals surface area (Å²) in [6.07, 6.45) is -0.762. The third kappa shape index (κ3) is 2.92. The molecular formula is C15H18O5. The summed E-state index contributed by atoms with van der Waals surface area (Å²) in [7, 11) is 1.36.